The van der Waals surface area contributed by atoms with E-state index in [4.69, 9.17) is 9.94 Å². The average molecular weight is 225 g/mol. The second-order valence-corrected chi connectivity index (χ2v) is 3.11. The maximum absolute atomic E-state index is 11.5. The van der Waals surface area contributed by atoms with Crippen LogP contribution < -0.4 is 11.0 Å². The zero-order chi connectivity index (χ0) is 11.5. The third kappa shape index (κ3) is 2.02. The molecule has 2 aromatic heterocycles. The second kappa shape index (κ2) is 4.29. The molecule has 8 heteroatoms. The largest absolute Gasteiger partial charge is 0.394 e. The lowest BCUT2D eigenvalue weighted by atomic mass is 10.5. The van der Waals surface area contributed by atoms with E-state index in [0.717, 1.165) is 0 Å². The Balaban J connectivity index is 2.30. The fourth-order valence-corrected chi connectivity index (χ4v) is 1.24. The number of aliphatic hydroxyl groups excluding tert-OH is 1. The van der Waals surface area contributed by atoms with E-state index in [2.05, 4.69) is 25.4 Å². The summed E-state index contributed by atoms with van der Waals surface area (Å²) in [6.45, 7) is 1.71. The van der Waals surface area contributed by atoms with Gasteiger partial charge in [-0.2, -0.15) is 4.98 Å². The lowest BCUT2D eigenvalue weighted by molar-refractivity contribution is 0.131. The summed E-state index contributed by atoms with van der Waals surface area (Å²) in [6.07, 6.45) is 0. The van der Waals surface area contributed by atoms with Crippen molar-refractivity contribution in [2.24, 2.45) is 0 Å². The van der Waals surface area contributed by atoms with Crippen LogP contribution in [0.1, 0.15) is 5.82 Å². The number of fused-ring (bicyclic) bond motifs is 1. The first-order valence-electron chi connectivity index (χ1n) is 4.66. The normalized spacial score (nSPS) is 10.9. The number of nitrogens with one attached hydrogen (secondary N) is 3. The molecule has 0 fully saturated rings. The number of nitrogens with zero attached hydrogens (tertiary/aromatic N) is 2. The van der Waals surface area contributed by atoms with Crippen LogP contribution in [-0.2, 0) is 4.84 Å². The predicted molar refractivity (Wildman–Crippen MR) is 55.9 cm³/mol. The van der Waals surface area contributed by atoms with Crippen LogP contribution in [-0.4, -0.2) is 38.3 Å². The Morgan fingerprint density at radius 3 is 3.00 bits per heavy atom. The van der Waals surface area contributed by atoms with Gasteiger partial charge in [0.25, 0.3) is 5.56 Å². The van der Waals surface area contributed by atoms with Crippen LogP contribution >= 0.6 is 0 Å². The quantitative estimate of drug-likeness (QED) is 0.403. The minimum atomic E-state index is -0.333. The number of hydrogen-bond donors (Lipinski definition) is 4. The molecule has 0 atom stereocenters. The van der Waals surface area contributed by atoms with Gasteiger partial charge in [-0.05, 0) is 6.92 Å². The number of aromatic nitrogens is 4. The number of aliphatic hydroxyl groups is 1. The van der Waals surface area contributed by atoms with Gasteiger partial charge in [-0.25, -0.2) is 10.5 Å². The molecule has 0 spiro atoms. The molecule has 0 aliphatic rings. The van der Waals surface area contributed by atoms with Crippen molar-refractivity contribution in [3.05, 3.63) is 16.2 Å². The van der Waals surface area contributed by atoms with E-state index in [9.17, 15) is 4.79 Å². The van der Waals surface area contributed by atoms with E-state index < -0.39 is 0 Å². The highest BCUT2D eigenvalue weighted by Gasteiger charge is 2.07. The van der Waals surface area contributed by atoms with E-state index in [-0.39, 0.29) is 24.7 Å². The highest BCUT2D eigenvalue weighted by molar-refractivity contribution is 5.70. The topological polar surface area (TPSA) is 116 Å². The standard InChI is InChI=1S/C8H11N5O3/c1-4-9-5-6(10-4)11-8(12-7(5)15)13-16-3-2-14/h14H,2-3H2,1H3,(H3,9,10,11,12,13,15). The van der Waals surface area contributed by atoms with Gasteiger partial charge in [0.1, 0.15) is 5.82 Å². The fraction of sp³-hybridized carbons (Fsp3) is 0.375. The van der Waals surface area contributed by atoms with Gasteiger partial charge in [-0.15, -0.1) is 0 Å². The molecule has 0 aliphatic carbocycles. The maximum Gasteiger partial charge on any atom is 0.278 e. The Morgan fingerprint density at radius 1 is 1.44 bits per heavy atom. The zero-order valence-electron chi connectivity index (χ0n) is 8.57. The van der Waals surface area contributed by atoms with E-state index in [1.54, 1.807) is 6.92 Å². The number of aromatic amines is 2. The molecule has 0 unspecified atom stereocenters. The Morgan fingerprint density at radius 2 is 2.25 bits per heavy atom. The smallest absolute Gasteiger partial charge is 0.278 e. The van der Waals surface area contributed by atoms with E-state index >= 15 is 0 Å². The van der Waals surface area contributed by atoms with Gasteiger partial charge in [-0.1, -0.05) is 0 Å². The van der Waals surface area contributed by atoms with E-state index in [0.29, 0.717) is 17.0 Å². The maximum atomic E-state index is 11.5. The molecule has 2 aromatic rings. The second-order valence-electron chi connectivity index (χ2n) is 3.11. The molecule has 0 aromatic carbocycles. The molecule has 2 rings (SSSR count). The highest BCUT2D eigenvalue weighted by atomic mass is 16.6. The van der Waals surface area contributed by atoms with Crippen molar-refractivity contribution >= 4 is 17.1 Å². The number of rotatable bonds is 4. The Labute approximate surface area is 89.6 Å². The summed E-state index contributed by atoms with van der Waals surface area (Å²) < 4.78 is 0. The first kappa shape index (κ1) is 10.6. The lowest BCUT2D eigenvalue weighted by Gasteiger charge is -2.03. The molecule has 0 saturated heterocycles. The predicted octanol–water partition coefficient (Wildman–Crippen LogP) is -0.710. The van der Waals surface area contributed by atoms with Crippen molar-refractivity contribution in [3.63, 3.8) is 0 Å². The van der Waals surface area contributed by atoms with Gasteiger partial charge < -0.3 is 10.1 Å². The van der Waals surface area contributed by atoms with Crippen molar-refractivity contribution in [2.45, 2.75) is 6.92 Å². The third-order valence-corrected chi connectivity index (χ3v) is 1.84. The van der Waals surface area contributed by atoms with Crippen LogP contribution in [0.15, 0.2) is 4.79 Å². The number of hydrogen-bond acceptors (Lipinski definition) is 6. The lowest BCUT2D eigenvalue weighted by Crippen LogP contribution is -2.14. The van der Waals surface area contributed by atoms with Gasteiger partial charge in [0.15, 0.2) is 11.2 Å². The molecular weight excluding hydrogens is 214 g/mol. The summed E-state index contributed by atoms with van der Waals surface area (Å²) in [5.74, 6) is 0.763. The van der Waals surface area contributed by atoms with Gasteiger partial charge >= 0.3 is 0 Å². The van der Waals surface area contributed by atoms with Crippen molar-refractivity contribution in [1.82, 2.24) is 19.9 Å². The van der Waals surface area contributed by atoms with Crippen molar-refractivity contribution in [3.8, 4) is 0 Å². The number of H-pyrrole nitrogens is 2. The van der Waals surface area contributed by atoms with Gasteiger partial charge in [-0.3, -0.25) is 14.6 Å². The molecule has 0 saturated carbocycles. The highest BCUT2D eigenvalue weighted by Crippen LogP contribution is 2.05. The summed E-state index contributed by atoms with van der Waals surface area (Å²) in [4.78, 5) is 29.6. The third-order valence-electron chi connectivity index (χ3n) is 1.84. The molecular formula is C8H11N5O3. The average Bonchev–Trinajstić information content (AvgIpc) is 2.60. The number of imidazole rings is 1. The van der Waals surface area contributed by atoms with Crippen molar-refractivity contribution in [1.29, 1.82) is 0 Å². The molecule has 0 bridgehead atoms. The minimum absolute atomic E-state index is 0.0986. The molecule has 0 aliphatic heterocycles. The number of aryl methyl sites for hydroxylation is 1. The zero-order valence-corrected chi connectivity index (χ0v) is 8.57. The van der Waals surface area contributed by atoms with Gasteiger partial charge in [0.05, 0.1) is 13.2 Å². The Kier molecular flexibility index (Phi) is 2.84. The Hall–Kier alpha value is -1.93. The van der Waals surface area contributed by atoms with Crippen LogP contribution in [0.3, 0.4) is 0 Å². The first-order chi connectivity index (χ1) is 7.70. The van der Waals surface area contributed by atoms with Crippen LogP contribution in [0.4, 0.5) is 5.95 Å². The van der Waals surface area contributed by atoms with E-state index in [1.807, 2.05) is 0 Å². The summed E-state index contributed by atoms with van der Waals surface area (Å²) in [5.41, 5.74) is 2.71. The van der Waals surface area contributed by atoms with Crippen molar-refractivity contribution < 1.29 is 9.94 Å². The van der Waals surface area contributed by atoms with Gasteiger partial charge in [0.2, 0.25) is 5.95 Å². The Bertz CT molecular complexity index is 546. The van der Waals surface area contributed by atoms with Crippen molar-refractivity contribution in [2.75, 3.05) is 18.7 Å². The molecule has 0 amide bonds. The molecule has 2 heterocycles. The summed E-state index contributed by atoms with van der Waals surface area (Å²) in [7, 11) is 0. The van der Waals surface area contributed by atoms with Crippen LogP contribution in [0.5, 0.6) is 0 Å². The first-order valence-corrected chi connectivity index (χ1v) is 4.66. The van der Waals surface area contributed by atoms with Gasteiger partial charge in [0, 0.05) is 0 Å². The molecule has 8 nitrogen and oxygen atoms in total. The van der Waals surface area contributed by atoms with Crippen LogP contribution in [0.25, 0.3) is 11.2 Å². The SMILES string of the molecule is Cc1nc2nc(NOCCO)[nH]c(=O)c2[nH]1. The van der Waals surface area contributed by atoms with Crippen LogP contribution in [0.2, 0.25) is 0 Å². The monoisotopic (exact) mass is 225 g/mol. The summed E-state index contributed by atoms with van der Waals surface area (Å²) in [6, 6.07) is 0. The molecule has 4 N–H and O–H groups in total. The number of anilines is 1. The minimum Gasteiger partial charge on any atom is -0.394 e. The fourth-order valence-electron chi connectivity index (χ4n) is 1.24. The molecule has 86 valence electrons. The van der Waals surface area contributed by atoms with Crippen LogP contribution in [0, 0.1) is 6.92 Å². The summed E-state index contributed by atoms with van der Waals surface area (Å²) in [5, 5.41) is 8.50. The van der Waals surface area contributed by atoms with E-state index in [1.165, 1.54) is 0 Å². The molecule has 0 radical (unpaired) electrons. The summed E-state index contributed by atoms with van der Waals surface area (Å²) >= 11 is 0. The molecule has 16 heavy (non-hydrogen) atoms.